The van der Waals surface area contributed by atoms with Gasteiger partial charge in [0, 0.05) is 29.5 Å². The molecule has 1 aromatic heterocycles. The molecule has 0 amide bonds. The number of benzene rings is 3. The number of nitrogens with zero attached hydrogens (tertiary/aromatic N) is 4. The number of hydrogen-bond acceptors (Lipinski definition) is 8. The standard InChI is InChI=1S/C32H29ClN8/c1-2-28(21-8-4-3-5-9-21)39-30-23(17-35)18-36-32-26(30)14-24(15-27(32)33)38-31(22-10-6-7-20(13-22)16-34)29-19-37-40-41(29)25-11-12-25/h3-10,13-15,18-19,25,28,31,37-38,40H,2,11-12H2,1H3,(H,36,39)/t28-,31?/m1/s1/i31D. The number of hydrazine groups is 2. The predicted octanol–water partition coefficient (Wildman–Crippen LogP) is 6.68. The molecule has 1 aliphatic carbocycles. The van der Waals surface area contributed by atoms with E-state index in [0.717, 1.165) is 24.8 Å². The minimum Gasteiger partial charge on any atom is -0.377 e. The molecular formula is C32H29ClN8. The van der Waals surface area contributed by atoms with Crippen LogP contribution in [0.4, 0.5) is 11.4 Å². The highest BCUT2D eigenvalue weighted by atomic mass is 35.5. The summed E-state index contributed by atoms with van der Waals surface area (Å²) in [6.07, 6.45) is 6.13. The minimum atomic E-state index is -1.49. The number of hydrogen-bond donors (Lipinski definition) is 4. The van der Waals surface area contributed by atoms with Crippen molar-refractivity contribution >= 4 is 33.9 Å². The van der Waals surface area contributed by atoms with E-state index in [2.05, 4.69) is 57.8 Å². The Morgan fingerprint density at radius 1 is 1.07 bits per heavy atom. The summed E-state index contributed by atoms with van der Waals surface area (Å²) >= 11 is 6.82. The Morgan fingerprint density at radius 2 is 1.88 bits per heavy atom. The Labute approximate surface area is 245 Å². The molecule has 0 radical (unpaired) electrons. The van der Waals surface area contributed by atoms with E-state index in [9.17, 15) is 11.9 Å². The second-order valence-electron chi connectivity index (χ2n) is 10.1. The first kappa shape index (κ1) is 25.2. The van der Waals surface area contributed by atoms with Crippen LogP contribution in [0.2, 0.25) is 5.02 Å². The van der Waals surface area contributed by atoms with Crippen LogP contribution in [0.1, 0.15) is 61.9 Å². The lowest BCUT2D eigenvalue weighted by atomic mass is 10.00. The van der Waals surface area contributed by atoms with Crippen molar-refractivity contribution in [3.63, 3.8) is 0 Å². The molecule has 1 aliphatic heterocycles. The summed E-state index contributed by atoms with van der Waals surface area (Å²) < 4.78 is 9.85. The SMILES string of the molecule is [2H]C(Nc1cc(Cl)c2ncc(C#N)c(N[C@H](CC)c3ccccc3)c2c1)(C1=CNNN1C1CC1)c1cccc(C#N)c1. The lowest BCUT2D eigenvalue weighted by molar-refractivity contribution is 0.231. The largest absolute Gasteiger partial charge is 0.377 e. The third kappa shape index (κ3) is 5.36. The molecule has 6 rings (SSSR count). The highest BCUT2D eigenvalue weighted by molar-refractivity contribution is 6.35. The molecule has 8 nitrogen and oxygen atoms in total. The van der Waals surface area contributed by atoms with Gasteiger partial charge in [-0.1, -0.05) is 61.0 Å². The Kier molecular flexibility index (Phi) is 7.00. The van der Waals surface area contributed by atoms with Gasteiger partial charge in [-0.25, -0.2) is 0 Å². The first-order chi connectivity index (χ1) is 20.4. The van der Waals surface area contributed by atoms with Crippen molar-refractivity contribution in [2.24, 2.45) is 0 Å². The van der Waals surface area contributed by atoms with Gasteiger partial charge in [-0.15, -0.1) is 5.53 Å². The lowest BCUT2D eigenvalue weighted by Crippen LogP contribution is -2.40. The molecule has 0 bridgehead atoms. The molecule has 1 saturated carbocycles. The third-order valence-electron chi connectivity index (χ3n) is 7.35. The summed E-state index contributed by atoms with van der Waals surface area (Å²) in [5.74, 6) is 0. The number of anilines is 2. The zero-order valence-corrected chi connectivity index (χ0v) is 23.2. The number of rotatable bonds is 9. The van der Waals surface area contributed by atoms with Crippen LogP contribution in [0, 0.1) is 22.7 Å². The summed E-state index contributed by atoms with van der Waals surface area (Å²) in [6.45, 7) is 2.09. The first-order valence-corrected chi connectivity index (χ1v) is 14.0. The first-order valence-electron chi connectivity index (χ1n) is 14.1. The van der Waals surface area contributed by atoms with E-state index in [1.54, 1.807) is 30.5 Å². The van der Waals surface area contributed by atoms with Gasteiger partial charge >= 0.3 is 0 Å². The van der Waals surface area contributed by atoms with E-state index in [1.807, 2.05) is 35.3 Å². The Morgan fingerprint density at radius 3 is 2.61 bits per heavy atom. The van der Waals surface area contributed by atoms with Gasteiger partial charge in [-0.3, -0.25) is 9.99 Å². The van der Waals surface area contributed by atoms with Crippen LogP contribution in [0.15, 0.2) is 84.8 Å². The van der Waals surface area contributed by atoms with Crippen molar-refractivity contribution < 1.29 is 1.37 Å². The van der Waals surface area contributed by atoms with Gasteiger partial charge < -0.3 is 16.1 Å². The average molecular weight is 562 g/mol. The van der Waals surface area contributed by atoms with Crippen molar-refractivity contribution in [2.75, 3.05) is 10.6 Å². The van der Waals surface area contributed by atoms with Crippen LogP contribution in [-0.4, -0.2) is 16.0 Å². The minimum absolute atomic E-state index is 0.0452. The van der Waals surface area contributed by atoms with Gasteiger partial charge in [0.2, 0.25) is 0 Å². The normalized spacial score (nSPS) is 16.9. The quantitative estimate of drug-likeness (QED) is 0.179. The van der Waals surface area contributed by atoms with Gasteiger partial charge in [0.15, 0.2) is 0 Å². The second kappa shape index (κ2) is 11.4. The molecule has 3 aromatic carbocycles. The zero-order chi connectivity index (χ0) is 29.3. The Balaban J connectivity index is 1.47. The fourth-order valence-corrected chi connectivity index (χ4v) is 5.41. The molecule has 4 aromatic rings. The van der Waals surface area contributed by atoms with Crippen LogP contribution in [0.3, 0.4) is 0 Å². The number of fused-ring (bicyclic) bond motifs is 1. The van der Waals surface area contributed by atoms with Gasteiger partial charge in [0.05, 0.1) is 52.6 Å². The summed E-state index contributed by atoms with van der Waals surface area (Å²) in [5, 5.41) is 29.7. The van der Waals surface area contributed by atoms with E-state index in [4.69, 9.17) is 11.6 Å². The highest BCUT2D eigenvalue weighted by Crippen LogP contribution is 2.40. The molecule has 2 atom stereocenters. The molecule has 0 saturated heterocycles. The monoisotopic (exact) mass is 561 g/mol. The van der Waals surface area contributed by atoms with Gasteiger partial charge in [-0.2, -0.15) is 10.5 Å². The molecule has 1 fully saturated rings. The molecule has 2 aliphatic rings. The number of nitriles is 2. The van der Waals surface area contributed by atoms with Gasteiger partial charge in [0.25, 0.3) is 0 Å². The molecule has 2 heterocycles. The highest BCUT2D eigenvalue weighted by Gasteiger charge is 2.36. The molecule has 0 spiro atoms. The van der Waals surface area contributed by atoms with Crippen LogP contribution in [0.5, 0.6) is 0 Å². The van der Waals surface area contributed by atoms with Crippen molar-refractivity contribution in [3.8, 4) is 12.1 Å². The number of nitrogens with one attached hydrogen (secondary N) is 4. The maximum atomic E-state index is 10.0. The number of pyridine rings is 1. The number of aromatic nitrogens is 1. The Bertz CT molecular complexity index is 1760. The lowest BCUT2D eigenvalue weighted by Gasteiger charge is -2.29. The van der Waals surface area contributed by atoms with Crippen molar-refractivity contribution in [3.05, 3.63) is 112 Å². The summed E-state index contributed by atoms with van der Waals surface area (Å²) in [6, 6.07) is 24.0. The fraction of sp³-hybridized carbons (Fsp3) is 0.219. The van der Waals surface area contributed by atoms with Crippen molar-refractivity contribution in [1.29, 1.82) is 10.5 Å². The van der Waals surface area contributed by atoms with Crippen LogP contribution in [-0.2, 0) is 0 Å². The fourth-order valence-electron chi connectivity index (χ4n) is 5.14. The maximum Gasteiger partial charge on any atom is 0.103 e. The molecule has 1 unspecified atom stereocenters. The van der Waals surface area contributed by atoms with Crippen molar-refractivity contribution in [2.45, 2.75) is 44.3 Å². The van der Waals surface area contributed by atoms with E-state index in [0.29, 0.717) is 49.7 Å². The van der Waals surface area contributed by atoms with Crippen molar-refractivity contribution in [1.82, 2.24) is 21.0 Å². The zero-order valence-electron chi connectivity index (χ0n) is 23.4. The molecular weight excluding hydrogens is 532 g/mol. The van der Waals surface area contributed by atoms with Crippen LogP contribution in [0.25, 0.3) is 10.9 Å². The maximum absolute atomic E-state index is 10.0. The van der Waals surface area contributed by atoms with Crippen LogP contribution < -0.4 is 21.6 Å². The average Bonchev–Trinajstić information content (AvgIpc) is 3.75. The summed E-state index contributed by atoms with van der Waals surface area (Å²) in [4.78, 5) is 4.51. The molecule has 204 valence electrons. The molecule has 41 heavy (non-hydrogen) atoms. The summed E-state index contributed by atoms with van der Waals surface area (Å²) in [5.41, 5.74) is 11.2. The predicted molar refractivity (Wildman–Crippen MR) is 161 cm³/mol. The van der Waals surface area contributed by atoms with Gasteiger partial charge in [0.1, 0.15) is 6.07 Å². The van der Waals surface area contributed by atoms with E-state index >= 15 is 0 Å². The number of halogens is 1. The second-order valence-corrected chi connectivity index (χ2v) is 10.5. The molecule has 4 N–H and O–H groups in total. The third-order valence-corrected chi connectivity index (χ3v) is 7.63. The van der Waals surface area contributed by atoms with E-state index < -0.39 is 6.02 Å². The molecule has 9 heteroatoms. The topological polar surface area (TPSA) is 112 Å². The van der Waals surface area contributed by atoms with Crippen LogP contribution >= 0.6 is 11.6 Å². The van der Waals surface area contributed by atoms with E-state index in [1.165, 1.54) is 6.20 Å². The smallest absolute Gasteiger partial charge is 0.103 e. The van der Waals surface area contributed by atoms with Gasteiger partial charge in [-0.05, 0) is 54.7 Å². The Hall–Kier alpha value is -4.76. The van der Waals surface area contributed by atoms with E-state index in [-0.39, 0.29) is 12.1 Å². The summed E-state index contributed by atoms with van der Waals surface area (Å²) in [7, 11) is 0.